The number of nitrogens with zero attached hydrogens (tertiary/aromatic N) is 1. The molecule has 134 valence electrons. The molecule has 1 fully saturated rings. The number of nitrogens with two attached hydrogens (primary N) is 1. The minimum Gasteiger partial charge on any atom is -0.340 e. The first-order valence-corrected chi connectivity index (χ1v) is 8.69. The van der Waals surface area contributed by atoms with E-state index in [2.05, 4.69) is 44.2 Å². The molecule has 4 heteroatoms. The first-order chi connectivity index (χ1) is 11.5. The van der Waals surface area contributed by atoms with Gasteiger partial charge in [0.2, 0.25) is 5.91 Å². The molecule has 3 nitrogen and oxygen atoms in total. The van der Waals surface area contributed by atoms with E-state index in [4.69, 9.17) is 5.73 Å². The molecule has 0 aliphatic carbocycles. The van der Waals surface area contributed by atoms with Crippen molar-refractivity contribution in [3.05, 3.63) is 70.8 Å². The van der Waals surface area contributed by atoms with E-state index >= 15 is 0 Å². The number of hydrogen-bond acceptors (Lipinski definition) is 2. The van der Waals surface area contributed by atoms with Gasteiger partial charge in [-0.2, -0.15) is 0 Å². The van der Waals surface area contributed by atoms with Crippen LogP contribution >= 0.6 is 12.4 Å². The largest absolute Gasteiger partial charge is 0.340 e. The number of halogens is 1. The standard InChI is InChI=1S/C21H26N2O.ClH/c1-15-8-9-17(16(2)12-15)10-11-21(24)23-13-19(20(22)14-23)18-6-4-3-5-7-18;/h3-9,12,19-20H,10-11,13-14,22H2,1-2H3;1H/t19-,20+;/m0./s1. The van der Waals surface area contributed by atoms with Crippen molar-refractivity contribution in [3.8, 4) is 0 Å². The number of rotatable bonds is 4. The fraction of sp³-hybridized carbons (Fsp3) is 0.381. The fourth-order valence-electron chi connectivity index (χ4n) is 3.61. The Hall–Kier alpha value is -1.84. The Morgan fingerprint density at radius 2 is 1.84 bits per heavy atom. The van der Waals surface area contributed by atoms with Crippen molar-refractivity contribution in [1.29, 1.82) is 0 Å². The molecule has 2 aromatic carbocycles. The third-order valence-electron chi connectivity index (χ3n) is 5.05. The SMILES string of the molecule is Cc1ccc(CCC(=O)N2C[C@@H](N)[C@H](c3ccccc3)C2)c(C)c1.Cl. The van der Waals surface area contributed by atoms with Crippen LogP contribution in [0.1, 0.15) is 34.6 Å². The lowest BCUT2D eigenvalue weighted by atomic mass is 9.95. The van der Waals surface area contributed by atoms with Gasteiger partial charge < -0.3 is 10.6 Å². The molecule has 0 radical (unpaired) electrons. The van der Waals surface area contributed by atoms with Gasteiger partial charge in [0.1, 0.15) is 0 Å². The quantitative estimate of drug-likeness (QED) is 0.907. The van der Waals surface area contributed by atoms with E-state index in [9.17, 15) is 4.79 Å². The fourth-order valence-corrected chi connectivity index (χ4v) is 3.61. The molecule has 0 spiro atoms. The van der Waals surface area contributed by atoms with Gasteiger partial charge in [-0.15, -0.1) is 12.4 Å². The minimum absolute atomic E-state index is 0. The molecule has 1 aliphatic heterocycles. The summed E-state index contributed by atoms with van der Waals surface area (Å²) in [6.07, 6.45) is 1.35. The molecule has 25 heavy (non-hydrogen) atoms. The van der Waals surface area contributed by atoms with Crippen LogP contribution in [0.25, 0.3) is 0 Å². The molecule has 2 N–H and O–H groups in total. The predicted octanol–water partition coefficient (Wildman–Crippen LogP) is 3.61. The lowest BCUT2D eigenvalue weighted by Crippen LogP contribution is -2.32. The van der Waals surface area contributed by atoms with Gasteiger partial charge in [-0.3, -0.25) is 4.79 Å². The van der Waals surface area contributed by atoms with Crippen molar-refractivity contribution in [2.75, 3.05) is 13.1 Å². The highest BCUT2D eigenvalue weighted by atomic mass is 35.5. The Kier molecular flexibility index (Phi) is 6.63. The highest BCUT2D eigenvalue weighted by Crippen LogP contribution is 2.27. The van der Waals surface area contributed by atoms with Crippen LogP contribution in [-0.2, 0) is 11.2 Å². The second-order valence-electron chi connectivity index (χ2n) is 6.91. The van der Waals surface area contributed by atoms with Crippen LogP contribution in [-0.4, -0.2) is 29.9 Å². The molecule has 1 saturated heterocycles. The number of hydrogen-bond donors (Lipinski definition) is 1. The van der Waals surface area contributed by atoms with Crippen LogP contribution in [0.2, 0.25) is 0 Å². The molecule has 0 unspecified atom stereocenters. The molecule has 1 heterocycles. The van der Waals surface area contributed by atoms with Crippen molar-refractivity contribution in [2.24, 2.45) is 5.73 Å². The van der Waals surface area contributed by atoms with E-state index in [1.165, 1.54) is 22.3 Å². The monoisotopic (exact) mass is 358 g/mol. The molecular weight excluding hydrogens is 332 g/mol. The maximum Gasteiger partial charge on any atom is 0.222 e. The lowest BCUT2D eigenvalue weighted by Gasteiger charge is -2.17. The third kappa shape index (κ3) is 4.62. The Balaban J connectivity index is 0.00000225. The Morgan fingerprint density at radius 3 is 2.52 bits per heavy atom. The first kappa shape index (κ1) is 19.5. The maximum absolute atomic E-state index is 12.6. The van der Waals surface area contributed by atoms with Crippen LogP contribution in [0.4, 0.5) is 0 Å². The lowest BCUT2D eigenvalue weighted by molar-refractivity contribution is -0.130. The molecule has 0 saturated carbocycles. The summed E-state index contributed by atoms with van der Waals surface area (Å²) >= 11 is 0. The van der Waals surface area contributed by atoms with E-state index in [0.29, 0.717) is 13.0 Å². The second-order valence-corrected chi connectivity index (χ2v) is 6.91. The van der Waals surface area contributed by atoms with Crippen LogP contribution in [0, 0.1) is 13.8 Å². The topological polar surface area (TPSA) is 46.3 Å². The molecular formula is C21H27ClN2O. The highest BCUT2D eigenvalue weighted by molar-refractivity contribution is 5.85. The smallest absolute Gasteiger partial charge is 0.222 e. The molecule has 0 bridgehead atoms. The van der Waals surface area contributed by atoms with E-state index in [0.717, 1.165) is 13.0 Å². The summed E-state index contributed by atoms with van der Waals surface area (Å²) in [5.74, 6) is 0.458. The predicted molar refractivity (Wildman–Crippen MR) is 105 cm³/mol. The molecule has 0 aromatic heterocycles. The van der Waals surface area contributed by atoms with Gasteiger partial charge in [0.05, 0.1) is 0 Å². The number of carbonyl (C=O) groups is 1. The molecule has 2 atom stereocenters. The summed E-state index contributed by atoms with van der Waals surface area (Å²) in [6, 6.07) is 16.7. The van der Waals surface area contributed by atoms with Crippen molar-refractivity contribution in [2.45, 2.75) is 38.6 Å². The van der Waals surface area contributed by atoms with Gasteiger partial charge in [-0.05, 0) is 37.0 Å². The van der Waals surface area contributed by atoms with E-state index in [-0.39, 0.29) is 30.3 Å². The van der Waals surface area contributed by atoms with E-state index in [1.807, 2.05) is 23.1 Å². The van der Waals surface area contributed by atoms with Crippen molar-refractivity contribution in [1.82, 2.24) is 4.90 Å². The molecule has 3 rings (SSSR count). The third-order valence-corrected chi connectivity index (χ3v) is 5.05. The Morgan fingerprint density at radius 1 is 1.12 bits per heavy atom. The van der Waals surface area contributed by atoms with Crippen LogP contribution in [0.3, 0.4) is 0 Å². The number of benzene rings is 2. The highest BCUT2D eigenvalue weighted by Gasteiger charge is 2.33. The van der Waals surface area contributed by atoms with Gasteiger partial charge in [-0.1, -0.05) is 54.1 Å². The maximum atomic E-state index is 12.6. The average Bonchev–Trinajstić information content (AvgIpc) is 2.96. The zero-order chi connectivity index (χ0) is 17.1. The van der Waals surface area contributed by atoms with Crippen molar-refractivity contribution < 1.29 is 4.79 Å². The van der Waals surface area contributed by atoms with Gasteiger partial charge in [0, 0.05) is 31.5 Å². The van der Waals surface area contributed by atoms with E-state index < -0.39 is 0 Å². The summed E-state index contributed by atoms with van der Waals surface area (Å²) < 4.78 is 0. The van der Waals surface area contributed by atoms with Gasteiger partial charge in [0.25, 0.3) is 0 Å². The van der Waals surface area contributed by atoms with Crippen LogP contribution in [0.5, 0.6) is 0 Å². The molecule has 1 amide bonds. The van der Waals surface area contributed by atoms with Crippen LogP contribution in [0.15, 0.2) is 48.5 Å². The van der Waals surface area contributed by atoms with Crippen molar-refractivity contribution >= 4 is 18.3 Å². The number of likely N-dealkylation sites (tertiary alicyclic amines) is 1. The Labute approximate surface area is 156 Å². The molecule has 1 aliphatic rings. The minimum atomic E-state index is 0. The summed E-state index contributed by atoms with van der Waals surface area (Å²) in [7, 11) is 0. The zero-order valence-corrected chi connectivity index (χ0v) is 15.8. The first-order valence-electron chi connectivity index (χ1n) is 8.69. The summed E-state index contributed by atoms with van der Waals surface area (Å²) in [4.78, 5) is 14.5. The number of amides is 1. The number of aryl methyl sites for hydroxylation is 3. The Bertz CT molecular complexity index is 717. The average molecular weight is 359 g/mol. The summed E-state index contributed by atoms with van der Waals surface area (Å²) in [5.41, 5.74) is 11.3. The van der Waals surface area contributed by atoms with Crippen LogP contribution < -0.4 is 5.73 Å². The van der Waals surface area contributed by atoms with E-state index in [1.54, 1.807) is 0 Å². The van der Waals surface area contributed by atoms with Gasteiger partial charge >= 0.3 is 0 Å². The summed E-state index contributed by atoms with van der Waals surface area (Å²) in [6.45, 7) is 5.60. The van der Waals surface area contributed by atoms with Gasteiger partial charge in [0.15, 0.2) is 0 Å². The van der Waals surface area contributed by atoms with Crippen molar-refractivity contribution in [3.63, 3.8) is 0 Å². The zero-order valence-electron chi connectivity index (χ0n) is 14.9. The normalized spacial score (nSPS) is 19.6. The molecule has 2 aromatic rings. The second kappa shape index (κ2) is 8.50. The number of carbonyl (C=O) groups excluding carboxylic acids is 1. The summed E-state index contributed by atoms with van der Waals surface area (Å²) in [5, 5.41) is 0. The van der Waals surface area contributed by atoms with Gasteiger partial charge in [-0.25, -0.2) is 0 Å².